The van der Waals surface area contributed by atoms with E-state index < -0.39 is 6.22 Å². The lowest BCUT2D eigenvalue weighted by atomic mass is 10.2. The first-order valence-electron chi connectivity index (χ1n) is 9.18. The van der Waals surface area contributed by atoms with Crippen molar-refractivity contribution in [3.8, 4) is 17.1 Å². The van der Waals surface area contributed by atoms with Crippen LogP contribution in [0.5, 0.6) is 0 Å². The highest BCUT2D eigenvalue weighted by molar-refractivity contribution is 5.63. The van der Waals surface area contributed by atoms with Crippen molar-refractivity contribution in [1.82, 2.24) is 19.3 Å². The molecule has 0 bridgehead atoms. The molecule has 29 heavy (non-hydrogen) atoms. The lowest BCUT2D eigenvalue weighted by Crippen LogP contribution is -2.04. The Kier molecular flexibility index (Phi) is 7.99. The topological polar surface area (TPSA) is 72.9 Å². The average Bonchev–Trinajstić information content (AvgIpc) is 3.13. The fourth-order valence-electron chi connectivity index (χ4n) is 3.65. The van der Waals surface area contributed by atoms with E-state index in [1.54, 1.807) is 0 Å². The van der Waals surface area contributed by atoms with Crippen LogP contribution in [0.25, 0.3) is 17.1 Å². The van der Waals surface area contributed by atoms with Gasteiger partial charge in [-0.25, -0.2) is 4.79 Å². The summed E-state index contributed by atoms with van der Waals surface area (Å²) in [5.74, 6) is 2.17. The third kappa shape index (κ3) is 5.24. The standard InChI is InChI=1S/C19H22N4.CHFO2.F2/c1-14-13-17(15(2)23(14)16-9-5-3-6-10-16)19-21-20-18-11-7-4-8-12-22(18)19;2-1(3)4;1-2/h3,5-6,9-10,13H,4,7-8,11-12H2,1-2H3;(H,3,4);. The second-order valence-corrected chi connectivity index (χ2v) is 6.61. The van der Waals surface area contributed by atoms with Crippen LogP contribution in [0.15, 0.2) is 36.4 Å². The van der Waals surface area contributed by atoms with Gasteiger partial charge in [-0.2, -0.15) is 0 Å². The van der Waals surface area contributed by atoms with Gasteiger partial charge in [-0.05, 0) is 44.9 Å². The van der Waals surface area contributed by atoms with Gasteiger partial charge in [0.25, 0.3) is 0 Å². The smallest absolute Gasteiger partial charge is 0.456 e. The maximum absolute atomic E-state index is 9.92. The molecule has 3 heterocycles. The number of halogens is 3. The summed E-state index contributed by atoms with van der Waals surface area (Å²) in [6.07, 6.45) is 2.44. The van der Waals surface area contributed by atoms with Gasteiger partial charge in [0, 0.05) is 44.8 Å². The predicted octanol–water partition coefficient (Wildman–Crippen LogP) is 5.55. The van der Waals surface area contributed by atoms with Crippen LogP contribution in [-0.4, -0.2) is 30.7 Å². The van der Waals surface area contributed by atoms with E-state index in [0.29, 0.717) is 0 Å². The van der Waals surface area contributed by atoms with Crippen LogP contribution in [-0.2, 0) is 13.0 Å². The van der Waals surface area contributed by atoms with Gasteiger partial charge in [0.15, 0.2) is 5.82 Å². The molecule has 4 rings (SSSR count). The number of rotatable bonds is 2. The van der Waals surface area contributed by atoms with Gasteiger partial charge < -0.3 is 14.2 Å². The molecule has 0 saturated heterocycles. The summed E-state index contributed by atoms with van der Waals surface area (Å²) >= 11 is 0. The molecular formula is C20H23F3N4O2. The van der Waals surface area contributed by atoms with E-state index >= 15 is 0 Å². The van der Waals surface area contributed by atoms with Crippen LogP contribution >= 0.6 is 0 Å². The molecule has 156 valence electrons. The zero-order valence-electron chi connectivity index (χ0n) is 16.3. The number of hydrogen-bond acceptors (Lipinski definition) is 3. The Hall–Kier alpha value is -3.10. The summed E-state index contributed by atoms with van der Waals surface area (Å²) in [5.41, 5.74) is 4.86. The number of nitrogens with zero attached hydrogens (tertiary/aromatic N) is 4. The summed E-state index contributed by atoms with van der Waals surface area (Å²) in [4.78, 5) is 8.33. The van der Waals surface area contributed by atoms with Crippen molar-refractivity contribution < 1.29 is 23.4 Å². The molecule has 0 fully saturated rings. The van der Waals surface area contributed by atoms with Gasteiger partial charge in [-0.3, -0.25) is 0 Å². The second kappa shape index (κ2) is 10.4. The van der Waals surface area contributed by atoms with Crippen LogP contribution in [0.3, 0.4) is 0 Å². The second-order valence-electron chi connectivity index (χ2n) is 6.61. The quantitative estimate of drug-likeness (QED) is 0.564. The first kappa shape index (κ1) is 22.2. The summed E-state index contributed by atoms with van der Waals surface area (Å²) in [6, 6.07) is 12.7. The highest BCUT2D eigenvalue weighted by Gasteiger charge is 2.20. The number of benzene rings is 1. The minimum absolute atomic E-state index is 1.03. The Morgan fingerprint density at radius 1 is 1.07 bits per heavy atom. The van der Waals surface area contributed by atoms with E-state index in [2.05, 4.69) is 69.6 Å². The normalized spacial score (nSPS) is 12.6. The molecular weight excluding hydrogens is 385 g/mol. The zero-order valence-corrected chi connectivity index (χ0v) is 16.3. The molecule has 0 spiro atoms. The molecule has 0 radical (unpaired) electrons. The largest absolute Gasteiger partial charge is 0.492 e. The van der Waals surface area contributed by atoms with Crippen molar-refractivity contribution in [2.45, 2.75) is 46.1 Å². The molecule has 0 atom stereocenters. The van der Waals surface area contributed by atoms with Gasteiger partial charge >= 0.3 is 6.22 Å². The Morgan fingerprint density at radius 3 is 2.38 bits per heavy atom. The number of carboxylic acid groups (broad SMARTS) is 1. The van der Waals surface area contributed by atoms with E-state index in [0.717, 1.165) is 24.6 Å². The molecule has 2 aromatic heterocycles. The van der Waals surface area contributed by atoms with E-state index in [9.17, 15) is 4.39 Å². The van der Waals surface area contributed by atoms with Gasteiger partial charge in [-0.15, -0.1) is 14.6 Å². The third-order valence-electron chi connectivity index (χ3n) is 4.80. The number of carbonyl (C=O) groups is 1. The molecule has 9 heteroatoms. The Labute approximate surface area is 166 Å². The van der Waals surface area contributed by atoms with Crippen LogP contribution in [0.4, 0.5) is 18.3 Å². The average molecular weight is 408 g/mol. The van der Waals surface area contributed by atoms with Crippen molar-refractivity contribution in [2.75, 3.05) is 0 Å². The molecule has 6 nitrogen and oxygen atoms in total. The Balaban J connectivity index is 0.000000449. The van der Waals surface area contributed by atoms with E-state index in [4.69, 9.17) is 19.0 Å². The first-order valence-corrected chi connectivity index (χ1v) is 9.18. The van der Waals surface area contributed by atoms with Gasteiger partial charge in [0.05, 0.1) is 0 Å². The third-order valence-corrected chi connectivity index (χ3v) is 4.80. The zero-order chi connectivity index (χ0) is 21.4. The Bertz CT molecular complexity index is 935. The summed E-state index contributed by atoms with van der Waals surface area (Å²) < 4.78 is 30.5. The Morgan fingerprint density at radius 2 is 1.72 bits per heavy atom. The maximum Gasteiger partial charge on any atom is 0.492 e. The van der Waals surface area contributed by atoms with Crippen LogP contribution in [0.1, 0.15) is 36.5 Å². The first-order chi connectivity index (χ1) is 14.0. The van der Waals surface area contributed by atoms with Crippen LogP contribution < -0.4 is 0 Å². The molecule has 1 aliphatic heterocycles. The highest BCUT2D eigenvalue weighted by atomic mass is 20.0. The lowest BCUT2D eigenvalue weighted by Gasteiger charge is -2.10. The maximum atomic E-state index is 9.92. The fourth-order valence-corrected chi connectivity index (χ4v) is 3.65. The minimum Gasteiger partial charge on any atom is -0.456 e. The number of aryl methyl sites for hydroxylation is 2. The van der Waals surface area contributed by atoms with Crippen LogP contribution in [0, 0.1) is 13.8 Å². The minimum atomic E-state index is -2.33. The molecule has 3 aromatic rings. The summed E-state index contributed by atoms with van der Waals surface area (Å²) in [6.45, 7) is 5.36. The SMILES string of the molecule is Cc1cc(-c2nnc3n2CCCCC3)c(C)n1-c1ccccc1.FF.O=C(O)F. The van der Waals surface area contributed by atoms with Gasteiger partial charge in [0.2, 0.25) is 0 Å². The van der Waals surface area contributed by atoms with Crippen molar-refractivity contribution in [3.05, 3.63) is 53.6 Å². The van der Waals surface area contributed by atoms with E-state index in [1.165, 1.54) is 41.9 Å². The monoisotopic (exact) mass is 408 g/mol. The molecule has 0 unspecified atom stereocenters. The van der Waals surface area contributed by atoms with E-state index in [1.807, 2.05) is 0 Å². The predicted molar refractivity (Wildman–Crippen MR) is 103 cm³/mol. The van der Waals surface area contributed by atoms with E-state index in [-0.39, 0.29) is 0 Å². The molecule has 1 aromatic carbocycles. The van der Waals surface area contributed by atoms with Crippen LogP contribution in [0.2, 0.25) is 0 Å². The number of fused-ring (bicyclic) bond motifs is 1. The number of hydrogen-bond donors (Lipinski definition) is 1. The highest BCUT2D eigenvalue weighted by Crippen LogP contribution is 2.30. The van der Waals surface area contributed by atoms with Crippen molar-refractivity contribution >= 4 is 6.22 Å². The van der Waals surface area contributed by atoms with Crippen molar-refractivity contribution in [2.24, 2.45) is 0 Å². The molecule has 1 N–H and O–H groups in total. The molecule has 0 aliphatic carbocycles. The molecule has 0 amide bonds. The summed E-state index contributed by atoms with van der Waals surface area (Å²) in [5, 5.41) is 15.7. The molecule has 0 saturated carbocycles. The van der Waals surface area contributed by atoms with Crippen molar-refractivity contribution in [1.29, 1.82) is 0 Å². The summed E-state index contributed by atoms with van der Waals surface area (Å²) in [7, 11) is 0. The number of aromatic nitrogens is 4. The van der Waals surface area contributed by atoms with Gasteiger partial charge in [0.1, 0.15) is 5.82 Å². The fraction of sp³-hybridized carbons (Fsp3) is 0.350. The number of para-hydroxylation sites is 1. The van der Waals surface area contributed by atoms with Gasteiger partial charge in [-0.1, -0.05) is 24.6 Å². The molecule has 1 aliphatic rings. The van der Waals surface area contributed by atoms with Crippen molar-refractivity contribution in [3.63, 3.8) is 0 Å². The lowest BCUT2D eigenvalue weighted by molar-refractivity contribution is 0.108.